The summed E-state index contributed by atoms with van der Waals surface area (Å²) < 4.78 is 11.0. The van der Waals surface area contributed by atoms with Crippen molar-refractivity contribution in [1.82, 2.24) is 4.90 Å². The smallest absolute Gasteiger partial charge is 0.260 e. The van der Waals surface area contributed by atoms with Gasteiger partial charge in [-0.1, -0.05) is 18.2 Å². The van der Waals surface area contributed by atoms with Crippen LogP contribution in [0.1, 0.15) is 33.6 Å². The van der Waals surface area contributed by atoms with Gasteiger partial charge in [0.2, 0.25) is 11.4 Å². The third-order valence-corrected chi connectivity index (χ3v) is 5.32. The second-order valence-corrected chi connectivity index (χ2v) is 7.29. The lowest BCUT2D eigenvalue weighted by molar-refractivity contribution is -0.136. The summed E-state index contributed by atoms with van der Waals surface area (Å²) >= 11 is 0. The largest absolute Gasteiger partial charge is 0.485 e. The molecule has 7 nitrogen and oxygen atoms in total. The van der Waals surface area contributed by atoms with E-state index in [1.54, 1.807) is 24.0 Å². The lowest BCUT2D eigenvalue weighted by Gasteiger charge is -2.31. The standard InChI is InChI=1S/C20H25NO6/c1-4-5-6-9-14(22)20-16(24)13(2)17(19(3,25)18(20)27-20)26-12-15(23)21-10-7-8-11-21/h4-6,9,18,25H,7-8,10-12H2,1-3H3/b5-4+,9-6+/t18-,19-,20+/m1/s1. The van der Waals surface area contributed by atoms with Crippen molar-refractivity contribution < 1.29 is 29.0 Å². The Morgan fingerprint density at radius 2 is 2.00 bits per heavy atom. The third-order valence-electron chi connectivity index (χ3n) is 5.32. The molecule has 3 atom stereocenters. The number of amides is 1. The molecule has 2 aliphatic heterocycles. The average Bonchev–Trinajstić information content (AvgIpc) is 3.19. The topological polar surface area (TPSA) is 96.4 Å². The molecule has 0 saturated carbocycles. The van der Waals surface area contributed by atoms with Gasteiger partial charge in [-0.05, 0) is 39.7 Å². The van der Waals surface area contributed by atoms with Gasteiger partial charge in [-0.2, -0.15) is 0 Å². The van der Waals surface area contributed by atoms with E-state index in [0.29, 0.717) is 13.1 Å². The Hall–Kier alpha value is -2.25. The Balaban J connectivity index is 1.79. The molecule has 2 fully saturated rings. The van der Waals surface area contributed by atoms with Crippen molar-refractivity contribution in [3.63, 3.8) is 0 Å². The zero-order valence-electron chi connectivity index (χ0n) is 15.9. The van der Waals surface area contributed by atoms with Gasteiger partial charge in [-0.25, -0.2) is 0 Å². The van der Waals surface area contributed by atoms with Crippen LogP contribution in [0.2, 0.25) is 0 Å². The number of nitrogens with zero attached hydrogens (tertiary/aromatic N) is 1. The maximum absolute atomic E-state index is 12.8. The molecule has 2 saturated heterocycles. The second-order valence-electron chi connectivity index (χ2n) is 7.29. The number of allylic oxidation sites excluding steroid dienone is 3. The van der Waals surface area contributed by atoms with Crippen molar-refractivity contribution in [3.05, 3.63) is 35.6 Å². The first-order valence-corrected chi connectivity index (χ1v) is 9.17. The molecule has 0 radical (unpaired) electrons. The number of likely N-dealkylation sites (tertiary alicyclic amines) is 1. The molecule has 146 valence electrons. The van der Waals surface area contributed by atoms with Crippen LogP contribution in [-0.4, -0.2) is 64.5 Å². The maximum Gasteiger partial charge on any atom is 0.260 e. The number of rotatable bonds is 6. The van der Waals surface area contributed by atoms with Crippen LogP contribution in [0.4, 0.5) is 0 Å². The SMILES string of the molecule is C/C=C/C=C/C(=O)[C@@]12O[C@@H]1[C@](C)(O)C(OCC(=O)N1CCCC1)=C(C)C2=O. The number of ether oxygens (including phenoxy) is 2. The summed E-state index contributed by atoms with van der Waals surface area (Å²) in [6.45, 7) is 5.85. The van der Waals surface area contributed by atoms with Gasteiger partial charge in [-0.15, -0.1) is 0 Å². The molecule has 1 aliphatic carbocycles. The van der Waals surface area contributed by atoms with Gasteiger partial charge in [0.1, 0.15) is 17.5 Å². The van der Waals surface area contributed by atoms with Gasteiger partial charge in [0.25, 0.3) is 5.91 Å². The van der Waals surface area contributed by atoms with Crippen LogP contribution < -0.4 is 0 Å². The number of carbonyl (C=O) groups excluding carboxylic acids is 3. The molecular formula is C20H25NO6. The molecule has 0 unspecified atom stereocenters. The molecule has 3 aliphatic rings. The molecule has 0 aromatic heterocycles. The number of hydrogen-bond acceptors (Lipinski definition) is 6. The predicted molar refractivity (Wildman–Crippen MR) is 96.7 cm³/mol. The van der Waals surface area contributed by atoms with Crippen LogP contribution >= 0.6 is 0 Å². The first kappa shape index (κ1) is 19.5. The van der Waals surface area contributed by atoms with Crippen LogP contribution in [0.5, 0.6) is 0 Å². The molecular weight excluding hydrogens is 350 g/mol. The Bertz CT molecular complexity index is 756. The highest BCUT2D eigenvalue weighted by Gasteiger charge is 2.76. The normalized spacial score (nSPS) is 33.1. The predicted octanol–water partition coefficient (Wildman–Crippen LogP) is 1.07. The molecule has 1 amide bonds. The number of hydrogen-bond donors (Lipinski definition) is 1. The van der Waals surface area contributed by atoms with Crippen molar-refractivity contribution in [2.45, 2.75) is 50.9 Å². The number of carbonyl (C=O) groups is 3. The minimum atomic E-state index is -1.70. The summed E-state index contributed by atoms with van der Waals surface area (Å²) in [5.74, 6) is -1.22. The maximum atomic E-state index is 12.8. The van der Waals surface area contributed by atoms with E-state index < -0.39 is 28.9 Å². The first-order chi connectivity index (χ1) is 12.8. The van der Waals surface area contributed by atoms with E-state index in [2.05, 4.69) is 0 Å². The van der Waals surface area contributed by atoms with Gasteiger partial charge in [0.05, 0.1) is 0 Å². The molecule has 0 spiro atoms. The summed E-state index contributed by atoms with van der Waals surface area (Å²) in [6.07, 6.45) is 7.11. The lowest BCUT2D eigenvalue weighted by atomic mass is 9.76. The summed E-state index contributed by atoms with van der Waals surface area (Å²) in [5, 5.41) is 10.9. The van der Waals surface area contributed by atoms with E-state index in [-0.39, 0.29) is 23.8 Å². The van der Waals surface area contributed by atoms with E-state index in [0.717, 1.165) is 12.8 Å². The highest BCUT2D eigenvalue weighted by molar-refractivity contribution is 6.24. The highest BCUT2D eigenvalue weighted by atomic mass is 16.6. The van der Waals surface area contributed by atoms with Crippen LogP contribution in [0, 0.1) is 0 Å². The Kier molecular flexibility index (Phi) is 5.10. The van der Waals surface area contributed by atoms with Crippen LogP contribution in [-0.2, 0) is 23.9 Å². The van der Waals surface area contributed by atoms with Gasteiger partial charge in [0.15, 0.2) is 12.4 Å². The van der Waals surface area contributed by atoms with E-state index >= 15 is 0 Å². The highest BCUT2D eigenvalue weighted by Crippen LogP contribution is 2.53. The molecule has 7 heteroatoms. The zero-order valence-corrected chi connectivity index (χ0v) is 15.9. The van der Waals surface area contributed by atoms with Crippen molar-refractivity contribution in [2.24, 2.45) is 0 Å². The lowest BCUT2D eigenvalue weighted by Crippen LogP contribution is -2.51. The summed E-state index contributed by atoms with van der Waals surface area (Å²) in [5.41, 5.74) is -3.26. The van der Waals surface area contributed by atoms with Crippen LogP contribution in [0.25, 0.3) is 0 Å². The van der Waals surface area contributed by atoms with Crippen molar-refractivity contribution >= 4 is 17.5 Å². The van der Waals surface area contributed by atoms with E-state index in [4.69, 9.17) is 9.47 Å². The summed E-state index contributed by atoms with van der Waals surface area (Å²) in [6, 6.07) is 0. The zero-order chi connectivity index (χ0) is 19.8. The van der Waals surface area contributed by atoms with Crippen molar-refractivity contribution in [1.29, 1.82) is 0 Å². The average molecular weight is 375 g/mol. The number of epoxide rings is 1. The second kappa shape index (κ2) is 7.05. The molecule has 0 aromatic carbocycles. The van der Waals surface area contributed by atoms with Crippen LogP contribution in [0.3, 0.4) is 0 Å². The van der Waals surface area contributed by atoms with Gasteiger partial charge < -0.3 is 19.5 Å². The van der Waals surface area contributed by atoms with Gasteiger partial charge in [-0.3, -0.25) is 14.4 Å². The summed E-state index contributed by atoms with van der Waals surface area (Å²) in [4.78, 5) is 39.3. The number of aliphatic hydroxyl groups is 1. The third kappa shape index (κ3) is 3.15. The van der Waals surface area contributed by atoms with Crippen LogP contribution in [0.15, 0.2) is 35.6 Å². The Morgan fingerprint density at radius 1 is 1.33 bits per heavy atom. The fourth-order valence-corrected chi connectivity index (χ4v) is 3.84. The first-order valence-electron chi connectivity index (χ1n) is 9.17. The van der Waals surface area contributed by atoms with Crippen molar-refractivity contribution in [2.75, 3.05) is 19.7 Å². The number of fused-ring (bicyclic) bond motifs is 1. The molecule has 2 heterocycles. The van der Waals surface area contributed by atoms with Crippen molar-refractivity contribution in [3.8, 4) is 0 Å². The quantitative estimate of drug-likeness (QED) is 0.323. The van der Waals surface area contributed by atoms with Gasteiger partial charge in [0, 0.05) is 18.7 Å². The fraction of sp³-hybridized carbons (Fsp3) is 0.550. The minimum Gasteiger partial charge on any atom is -0.485 e. The fourth-order valence-electron chi connectivity index (χ4n) is 3.84. The molecule has 0 bridgehead atoms. The summed E-state index contributed by atoms with van der Waals surface area (Å²) in [7, 11) is 0. The molecule has 0 aromatic rings. The van der Waals surface area contributed by atoms with E-state index in [1.807, 2.05) is 0 Å². The van der Waals surface area contributed by atoms with E-state index in [9.17, 15) is 19.5 Å². The number of Topliss-reactive ketones (excluding diaryl/α,β-unsaturated/α-hetero) is 1. The molecule has 1 N–H and O–H groups in total. The molecule has 27 heavy (non-hydrogen) atoms. The monoisotopic (exact) mass is 375 g/mol. The van der Waals surface area contributed by atoms with E-state index in [1.165, 1.54) is 26.0 Å². The Morgan fingerprint density at radius 3 is 2.63 bits per heavy atom. The minimum absolute atomic E-state index is 0.00315. The van der Waals surface area contributed by atoms with Gasteiger partial charge >= 0.3 is 0 Å². The number of ketones is 2. The molecule has 3 rings (SSSR count). The Labute approximate surface area is 158 Å².